The number of aliphatic hydroxyl groups excluding tert-OH is 1. The average Bonchev–Trinajstić information content (AvgIpc) is 3.16. The quantitative estimate of drug-likeness (QED) is 0.492. The van der Waals surface area contributed by atoms with Gasteiger partial charge in [0.2, 0.25) is 0 Å². The van der Waals surface area contributed by atoms with Crippen molar-refractivity contribution in [2.45, 2.75) is 82.8 Å². The highest BCUT2D eigenvalue weighted by atomic mass is 16.5. The van der Waals surface area contributed by atoms with Crippen LogP contribution in [0, 0.1) is 17.0 Å². The molecular formula is C21H41N6O2-. The lowest BCUT2D eigenvalue weighted by Crippen LogP contribution is -2.70. The van der Waals surface area contributed by atoms with Crippen molar-refractivity contribution >= 4 is 0 Å². The van der Waals surface area contributed by atoms with E-state index < -0.39 is 0 Å². The van der Waals surface area contributed by atoms with Gasteiger partial charge < -0.3 is 20.7 Å². The van der Waals surface area contributed by atoms with Gasteiger partial charge >= 0.3 is 0 Å². The summed E-state index contributed by atoms with van der Waals surface area (Å²) in [5, 5.41) is 32.8. The van der Waals surface area contributed by atoms with Gasteiger partial charge in [0.15, 0.2) is 0 Å². The minimum absolute atomic E-state index is 0.275. The van der Waals surface area contributed by atoms with Gasteiger partial charge in [-0.1, -0.05) is 13.3 Å². The monoisotopic (exact) mass is 409 g/mol. The van der Waals surface area contributed by atoms with Crippen molar-refractivity contribution in [2.75, 3.05) is 39.3 Å². The third-order valence-electron chi connectivity index (χ3n) is 7.61. The summed E-state index contributed by atoms with van der Waals surface area (Å²) in [6.45, 7) is 6.98. The Bertz CT molecular complexity index is 510. The fourth-order valence-electron chi connectivity index (χ4n) is 5.94. The Hall–Kier alpha value is -0.320. The van der Waals surface area contributed by atoms with Crippen molar-refractivity contribution in [1.82, 2.24) is 31.0 Å². The molecule has 0 amide bonds. The predicted octanol–water partition coefficient (Wildman–Crippen LogP) is 0.841. The first-order valence-electron chi connectivity index (χ1n) is 12.0. The number of aliphatic hydroxyl groups is 1. The number of hydroxylamine groups is 2. The number of hydrogen-bond donors (Lipinski definition) is 4. The largest absolute Gasteiger partial charge is 0.785 e. The van der Waals surface area contributed by atoms with Gasteiger partial charge in [-0.05, 0) is 64.1 Å². The maximum absolute atomic E-state index is 11.8. The van der Waals surface area contributed by atoms with Gasteiger partial charge in [-0.3, -0.25) is 15.6 Å². The number of piperidine rings is 2. The molecule has 4 fully saturated rings. The van der Waals surface area contributed by atoms with Crippen LogP contribution in [0.3, 0.4) is 0 Å². The van der Waals surface area contributed by atoms with Gasteiger partial charge in [-0.2, -0.15) is 0 Å². The summed E-state index contributed by atoms with van der Waals surface area (Å²) in [6, 6.07) is 0.486. The summed E-state index contributed by atoms with van der Waals surface area (Å²) in [6.07, 6.45) is 9.93. The topological polar surface area (TPSA) is 89.1 Å². The number of hydrazine groups is 1. The minimum Gasteiger partial charge on any atom is -0.785 e. The zero-order chi connectivity index (χ0) is 20.2. The molecule has 4 saturated heterocycles. The molecule has 0 radical (unpaired) electrons. The highest BCUT2D eigenvalue weighted by Crippen LogP contribution is 2.30. The highest BCUT2D eigenvalue weighted by Gasteiger charge is 2.45. The Kier molecular flexibility index (Phi) is 7.80. The van der Waals surface area contributed by atoms with E-state index in [0.717, 1.165) is 51.7 Å². The molecule has 4 aliphatic rings. The molecule has 0 saturated carbocycles. The minimum atomic E-state index is 0.275. The molecule has 0 aromatic rings. The molecule has 0 aliphatic carbocycles. The predicted molar refractivity (Wildman–Crippen MR) is 114 cm³/mol. The van der Waals surface area contributed by atoms with E-state index in [0.29, 0.717) is 43.3 Å². The second kappa shape index (κ2) is 10.3. The number of rotatable bonds is 7. The van der Waals surface area contributed by atoms with E-state index in [4.69, 9.17) is 0 Å². The molecule has 8 heteroatoms. The Morgan fingerprint density at radius 2 is 2.07 bits per heavy atom. The van der Waals surface area contributed by atoms with E-state index in [9.17, 15) is 10.3 Å². The van der Waals surface area contributed by atoms with Crippen LogP contribution in [0.4, 0.5) is 0 Å². The molecule has 0 aromatic heterocycles. The fourth-order valence-corrected chi connectivity index (χ4v) is 5.94. The Morgan fingerprint density at radius 3 is 2.86 bits per heavy atom. The van der Waals surface area contributed by atoms with Crippen LogP contribution in [0.25, 0.3) is 0 Å². The molecule has 0 bridgehead atoms. The molecule has 4 rings (SSSR count). The smallest absolute Gasteiger partial charge is 0.0803 e. The van der Waals surface area contributed by atoms with E-state index in [1.807, 2.05) is 0 Å². The second-order valence-corrected chi connectivity index (χ2v) is 9.52. The SMILES string of the molecule is CCC1CNN2C(NCC3CCCN([O-])C3)CC(N3CCCC[C@H]3CCO)NC12. The second-order valence-electron chi connectivity index (χ2n) is 9.52. The fraction of sp³-hybridized carbons (Fsp3) is 1.00. The summed E-state index contributed by atoms with van der Waals surface area (Å²) in [7, 11) is 0. The normalized spacial score (nSPS) is 40.2. The first kappa shape index (κ1) is 21.9. The lowest BCUT2D eigenvalue weighted by molar-refractivity contribution is -0.0535. The number of nitrogens with zero attached hydrogens (tertiary/aromatic N) is 3. The van der Waals surface area contributed by atoms with Crippen molar-refractivity contribution in [3.05, 3.63) is 5.21 Å². The van der Waals surface area contributed by atoms with E-state index in [2.05, 4.69) is 32.9 Å². The number of fused-ring (bicyclic) bond motifs is 1. The molecule has 29 heavy (non-hydrogen) atoms. The van der Waals surface area contributed by atoms with E-state index in [1.165, 1.54) is 24.3 Å². The van der Waals surface area contributed by atoms with Crippen molar-refractivity contribution in [3.63, 3.8) is 0 Å². The van der Waals surface area contributed by atoms with Crippen molar-refractivity contribution in [1.29, 1.82) is 0 Å². The Morgan fingerprint density at radius 1 is 1.17 bits per heavy atom. The van der Waals surface area contributed by atoms with Crippen molar-refractivity contribution in [2.24, 2.45) is 11.8 Å². The van der Waals surface area contributed by atoms with Crippen LogP contribution in [-0.4, -0.2) is 83.9 Å². The molecule has 4 heterocycles. The van der Waals surface area contributed by atoms with Crippen LogP contribution in [0.5, 0.6) is 0 Å². The third-order valence-corrected chi connectivity index (χ3v) is 7.61. The van der Waals surface area contributed by atoms with Gasteiger partial charge in [0.25, 0.3) is 0 Å². The molecular weight excluding hydrogens is 368 g/mol. The average molecular weight is 410 g/mol. The number of hydrogen-bond acceptors (Lipinski definition) is 8. The molecule has 0 aromatic carbocycles. The van der Waals surface area contributed by atoms with Crippen LogP contribution in [0.15, 0.2) is 0 Å². The van der Waals surface area contributed by atoms with Crippen LogP contribution < -0.4 is 16.1 Å². The molecule has 5 unspecified atom stereocenters. The lowest BCUT2D eigenvalue weighted by atomic mass is 9.95. The zero-order valence-electron chi connectivity index (χ0n) is 18.1. The van der Waals surface area contributed by atoms with Crippen LogP contribution >= 0.6 is 0 Å². The van der Waals surface area contributed by atoms with Crippen LogP contribution in [0.1, 0.15) is 58.3 Å². The van der Waals surface area contributed by atoms with Gasteiger partial charge in [-0.25, -0.2) is 5.01 Å². The standard InChI is InChI=1S/C21H41N6O2/c1-2-17-14-23-27-19(22-13-16-6-5-9-25(29)15-16)12-20(24-21(17)27)26-10-4-3-7-18(26)8-11-28/h16-24,28H,2-15H2,1H3/q-1/t16?,17?,18-,19?,20?,21?/m0/s1. The van der Waals surface area contributed by atoms with Gasteiger partial charge in [0.1, 0.15) is 0 Å². The van der Waals surface area contributed by atoms with Gasteiger partial charge in [-0.15, -0.1) is 0 Å². The summed E-state index contributed by atoms with van der Waals surface area (Å²) in [5.74, 6) is 1.06. The summed E-state index contributed by atoms with van der Waals surface area (Å²) in [4.78, 5) is 2.64. The molecule has 4 aliphatic heterocycles. The zero-order valence-corrected chi connectivity index (χ0v) is 18.1. The summed E-state index contributed by atoms with van der Waals surface area (Å²) >= 11 is 0. The number of nitrogens with one attached hydrogen (secondary N) is 3. The highest BCUT2D eigenvalue weighted by molar-refractivity contribution is 4.96. The van der Waals surface area contributed by atoms with E-state index in [1.54, 1.807) is 0 Å². The molecule has 0 spiro atoms. The van der Waals surface area contributed by atoms with Gasteiger partial charge in [0, 0.05) is 38.1 Å². The first-order valence-corrected chi connectivity index (χ1v) is 12.0. The maximum atomic E-state index is 11.8. The van der Waals surface area contributed by atoms with E-state index in [-0.39, 0.29) is 12.8 Å². The number of likely N-dealkylation sites (tertiary alicyclic amines) is 1. The first-order chi connectivity index (χ1) is 14.2. The molecule has 6 atom stereocenters. The maximum Gasteiger partial charge on any atom is 0.0803 e. The molecule has 8 nitrogen and oxygen atoms in total. The summed E-state index contributed by atoms with van der Waals surface area (Å²) < 4.78 is 0. The third kappa shape index (κ3) is 5.13. The van der Waals surface area contributed by atoms with Crippen LogP contribution in [-0.2, 0) is 0 Å². The van der Waals surface area contributed by atoms with Gasteiger partial charge in [0.05, 0.1) is 18.5 Å². The summed E-state index contributed by atoms with van der Waals surface area (Å²) in [5.41, 5.74) is 3.64. The molecule has 168 valence electrons. The molecule has 4 N–H and O–H groups in total. The van der Waals surface area contributed by atoms with Crippen molar-refractivity contribution < 1.29 is 5.11 Å². The Balaban J connectivity index is 1.43. The van der Waals surface area contributed by atoms with Crippen molar-refractivity contribution in [3.8, 4) is 0 Å². The van der Waals surface area contributed by atoms with Crippen LogP contribution in [0.2, 0.25) is 0 Å². The lowest BCUT2D eigenvalue weighted by Gasteiger charge is -2.50. The Labute approximate surface area is 175 Å². The van der Waals surface area contributed by atoms with E-state index >= 15 is 0 Å².